The number of rotatable bonds is 4. The number of nitrogens with zero attached hydrogens (tertiary/aromatic N) is 4. The highest BCUT2D eigenvalue weighted by Gasteiger charge is 2.41. The van der Waals surface area contributed by atoms with E-state index in [0.29, 0.717) is 18.4 Å². The lowest BCUT2D eigenvalue weighted by atomic mass is 10.0. The summed E-state index contributed by atoms with van der Waals surface area (Å²) in [6, 6.07) is 12.4. The van der Waals surface area contributed by atoms with E-state index in [9.17, 15) is 0 Å². The highest BCUT2D eigenvalue weighted by Crippen LogP contribution is 2.39. The van der Waals surface area contributed by atoms with Crippen LogP contribution in [0.3, 0.4) is 0 Å². The van der Waals surface area contributed by atoms with Crippen molar-refractivity contribution in [1.29, 1.82) is 0 Å². The second-order valence-electron chi connectivity index (χ2n) is 7.05. The number of thiazole rings is 1. The monoisotopic (exact) mass is 366 g/mol. The number of aromatic nitrogens is 2. The van der Waals surface area contributed by atoms with Crippen molar-refractivity contribution in [2.45, 2.75) is 6.92 Å². The van der Waals surface area contributed by atoms with Crippen LogP contribution in [0.15, 0.2) is 42.6 Å². The zero-order valence-corrected chi connectivity index (χ0v) is 15.7. The van der Waals surface area contributed by atoms with Crippen molar-refractivity contribution in [2.24, 2.45) is 11.8 Å². The summed E-state index contributed by atoms with van der Waals surface area (Å²) in [5.41, 5.74) is 1.00. The van der Waals surface area contributed by atoms with Gasteiger partial charge < -0.3 is 14.5 Å². The van der Waals surface area contributed by atoms with Gasteiger partial charge in [-0.05, 0) is 31.2 Å². The molecule has 0 spiro atoms. The molecule has 6 heteroatoms. The first-order chi connectivity index (χ1) is 12.8. The predicted octanol–water partition coefficient (Wildman–Crippen LogP) is 3.66. The molecule has 2 atom stereocenters. The van der Waals surface area contributed by atoms with Crippen molar-refractivity contribution in [2.75, 3.05) is 42.6 Å². The van der Waals surface area contributed by atoms with Crippen molar-refractivity contribution in [3.05, 3.63) is 42.6 Å². The first kappa shape index (κ1) is 15.9. The van der Waals surface area contributed by atoms with Crippen LogP contribution in [0.1, 0.15) is 6.92 Å². The first-order valence-electron chi connectivity index (χ1n) is 9.25. The quantitative estimate of drug-likeness (QED) is 0.705. The molecule has 0 N–H and O–H groups in total. The molecule has 0 bridgehead atoms. The molecule has 2 saturated heterocycles. The molecular formula is C20H22N4OS. The lowest BCUT2D eigenvalue weighted by Gasteiger charge is -2.21. The van der Waals surface area contributed by atoms with Gasteiger partial charge in [-0.2, -0.15) is 0 Å². The van der Waals surface area contributed by atoms with Crippen LogP contribution in [0, 0.1) is 11.8 Å². The highest BCUT2D eigenvalue weighted by atomic mass is 32.1. The van der Waals surface area contributed by atoms with E-state index in [0.717, 1.165) is 48.4 Å². The lowest BCUT2D eigenvalue weighted by molar-refractivity contribution is 0.344. The SMILES string of the molecule is CCOc1cccc2sc(N3CC4CN(c5ccccn5)CC4C3)nc12. The van der Waals surface area contributed by atoms with Gasteiger partial charge in [-0.3, -0.25) is 0 Å². The fourth-order valence-electron chi connectivity index (χ4n) is 4.20. The standard InChI is InChI=1S/C20H22N4OS/c1-2-25-16-6-5-7-17-19(16)22-20(26-17)24-12-14-10-23(11-15(14)13-24)18-8-3-4-9-21-18/h3-9,14-15H,2,10-13H2,1H3. The number of benzene rings is 1. The van der Waals surface area contributed by atoms with Crippen LogP contribution >= 0.6 is 11.3 Å². The van der Waals surface area contributed by atoms with Gasteiger partial charge in [0.1, 0.15) is 17.1 Å². The average molecular weight is 366 g/mol. The number of hydrogen-bond acceptors (Lipinski definition) is 6. The molecule has 4 heterocycles. The molecule has 26 heavy (non-hydrogen) atoms. The number of ether oxygens (including phenoxy) is 1. The highest BCUT2D eigenvalue weighted by molar-refractivity contribution is 7.22. The van der Waals surface area contributed by atoms with Gasteiger partial charge >= 0.3 is 0 Å². The third kappa shape index (κ3) is 2.69. The lowest BCUT2D eigenvalue weighted by Crippen LogP contribution is -2.29. The van der Waals surface area contributed by atoms with Crippen molar-refractivity contribution < 1.29 is 4.74 Å². The van der Waals surface area contributed by atoms with Gasteiger partial charge in [-0.15, -0.1) is 0 Å². The van der Waals surface area contributed by atoms with Crippen molar-refractivity contribution in [3.8, 4) is 5.75 Å². The van der Waals surface area contributed by atoms with E-state index < -0.39 is 0 Å². The van der Waals surface area contributed by atoms with E-state index in [1.807, 2.05) is 25.3 Å². The van der Waals surface area contributed by atoms with Crippen LogP contribution in [0.5, 0.6) is 5.75 Å². The van der Waals surface area contributed by atoms with Crippen molar-refractivity contribution >= 4 is 32.5 Å². The number of pyridine rings is 1. The molecule has 2 unspecified atom stereocenters. The summed E-state index contributed by atoms with van der Waals surface area (Å²) >= 11 is 1.78. The third-order valence-electron chi connectivity index (χ3n) is 5.40. The van der Waals surface area contributed by atoms with Crippen LogP contribution in [0.2, 0.25) is 0 Å². The number of anilines is 2. The zero-order valence-electron chi connectivity index (χ0n) is 14.8. The maximum atomic E-state index is 5.74. The number of para-hydroxylation sites is 1. The Balaban J connectivity index is 1.34. The molecule has 0 saturated carbocycles. The summed E-state index contributed by atoms with van der Waals surface area (Å²) in [5, 5.41) is 1.13. The van der Waals surface area contributed by atoms with Gasteiger partial charge in [0, 0.05) is 44.2 Å². The maximum absolute atomic E-state index is 5.74. The second-order valence-corrected chi connectivity index (χ2v) is 8.06. The minimum absolute atomic E-state index is 0.670. The Morgan fingerprint density at radius 2 is 1.85 bits per heavy atom. The van der Waals surface area contributed by atoms with Crippen LogP contribution in [-0.4, -0.2) is 42.8 Å². The largest absolute Gasteiger partial charge is 0.492 e. The molecule has 0 amide bonds. The second kappa shape index (κ2) is 6.43. The zero-order chi connectivity index (χ0) is 17.5. The molecule has 134 valence electrons. The van der Waals surface area contributed by atoms with E-state index in [1.165, 1.54) is 4.70 Å². The van der Waals surface area contributed by atoms with Gasteiger partial charge in [0.05, 0.1) is 11.3 Å². The van der Waals surface area contributed by atoms with Gasteiger partial charge in [0.25, 0.3) is 0 Å². The smallest absolute Gasteiger partial charge is 0.186 e. The molecule has 5 rings (SSSR count). The molecular weight excluding hydrogens is 344 g/mol. The van der Waals surface area contributed by atoms with Gasteiger partial charge in [0.15, 0.2) is 5.13 Å². The Morgan fingerprint density at radius 3 is 2.58 bits per heavy atom. The Morgan fingerprint density at radius 1 is 1.04 bits per heavy atom. The van der Waals surface area contributed by atoms with Gasteiger partial charge in [-0.1, -0.05) is 23.5 Å². The summed E-state index contributed by atoms with van der Waals surface area (Å²) in [7, 11) is 0. The molecule has 2 aliphatic rings. The fourth-order valence-corrected chi connectivity index (χ4v) is 5.20. The molecule has 2 aromatic heterocycles. The van der Waals surface area contributed by atoms with Gasteiger partial charge in [0.2, 0.25) is 0 Å². The maximum Gasteiger partial charge on any atom is 0.186 e. The Kier molecular flexibility index (Phi) is 3.93. The summed E-state index contributed by atoms with van der Waals surface area (Å²) < 4.78 is 6.95. The summed E-state index contributed by atoms with van der Waals surface area (Å²) in [6.07, 6.45) is 1.88. The average Bonchev–Trinajstić information content (AvgIpc) is 3.35. The van der Waals surface area contributed by atoms with Crippen LogP contribution < -0.4 is 14.5 Å². The molecule has 0 aliphatic carbocycles. The van der Waals surface area contributed by atoms with E-state index in [-0.39, 0.29) is 0 Å². The van der Waals surface area contributed by atoms with Crippen molar-refractivity contribution in [3.63, 3.8) is 0 Å². The molecule has 3 aromatic rings. The third-order valence-corrected chi connectivity index (χ3v) is 6.48. The van der Waals surface area contributed by atoms with Crippen LogP contribution in [-0.2, 0) is 0 Å². The topological polar surface area (TPSA) is 41.5 Å². The van der Waals surface area contributed by atoms with Crippen molar-refractivity contribution in [1.82, 2.24) is 9.97 Å². The molecule has 5 nitrogen and oxygen atoms in total. The predicted molar refractivity (Wildman–Crippen MR) is 106 cm³/mol. The minimum Gasteiger partial charge on any atom is -0.492 e. The van der Waals surface area contributed by atoms with Gasteiger partial charge in [-0.25, -0.2) is 9.97 Å². The van der Waals surface area contributed by atoms with E-state index in [1.54, 1.807) is 11.3 Å². The number of fused-ring (bicyclic) bond motifs is 2. The van der Waals surface area contributed by atoms with E-state index in [4.69, 9.17) is 9.72 Å². The normalized spacial score (nSPS) is 22.2. The molecule has 0 radical (unpaired) electrons. The fraction of sp³-hybridized carbons (Fsp3) is 0.400. The first-order valence-corrected chi connectivity index (χ1v) is 10.1. The Bertz CT molecular complexity index is 899. The Hall–Kier alpha value is -2.34. The summed E-state index contributed by atoms with van der Waals surface area (Å²) in [6.45, 7) is 7.03. The summed E-state index contributed by atoms with van der Waals surface area (Å²) in [4.78, 5) is 14.3. The van der Waals surface area contributed by atoms with Crippen LogP contribution in [0.4, 0.5) is 10.9 Å². The summed E-state index contributed by atoms with van der Waals surface area (Å²) in [5.74, 6) is 3.38. The van der Waals surface area contributed by atoms with Crippen LogP contribution in [0.25, 0.3) is 10.2 Å². The molecule has 2 aliphatic heterocycles. The molecule has 2 fully saturated rings. The number of hydrogen-bond donors (Lipinski definition) is 0. The van der Waals surface area contributed by atoms with E-state index in [2.05, 4.69) is 39.0 Å². The van der Waals surface area contributed by atoms with E-state index >= 15 is 0 Å². The molecule has 1 aromatic carbocycles. The Labute approximate surface area is 157 Å². The minimum atomic E-state index is 0.670.